The summed E-state index contributed by atoms with van der Waals surface area (Å²) in [5.74, 6) is -1.94. The van der Waals surface area contributed by atoms with Crippen molar-refractivity contribution in [3.63, 3.8) is 0 Å². The number of rotatable bonds is 11. The first-order chi connectivity index (χ1) is 15.2. The van der Waals surface area contributed by atoms with E-state index in [0.717, 1.165) is 0 Å². The number of hydrogen-bond donors (Lipinski definition) is 5. The molecule has 2 amide bonds. The summed E-state index contributed by atoms with van der Waals surface area (Å²) in [6.07, 6.45) is 2.10. The highest BCUT2D eigenvalue weighted by molar-refractivity contribution is 6.39. The second-order valence-corrected chi connectivity index (χ2v) is 7.96. The van der Waals surface area contributed by atoms with E-state index in [1.165, 1.54) is 12.1 Å². The largest absolute Gasteiger partial charge is 0.480 e. The van der Waals surface area contributed by atoms with Gasteiger partial charge in [0.2, 0.25) is 5.91 Å². The van der Waals surface area contributed by atoms with E-state index in [4.69, 9.17) is 34.3 Å². The summed E-state index contributed by atoms with van der Waals surface area (Å²) in [6.45, 7) is 0. The molecule has 0 aliphatic carbocycles. The van der Waals surface area contributed by atoms with Gasteiger partial charge in [-0.2, -0.15) is 0 Å². The number of hydrogen-bond acceptors (Lipinski definition) is 4. The minimum Gasteiger partial charge on any atom is -0.480 e. The van der Waals surface area contributed by atoms with Crippen molar-refractivity contribution in [1.29, 1.82) is 5.41 Å². The van der Waals surface area contributed by atoms with Crippen LogP contribution in [-0.2, 0) is 16.0 Å². The Kier molecular flexibility index (Phi) is 9.49. The number of nitrogens with two attached hydrogens (primary N) is 1. The number of amidine groups is 1. The highest BCUT2D eigenvalue weighted by Gasteiger charge is 2.23. The first kappa shape index (κ1) is 25.2. The van der Waals surface area contributed by atoms with Crippen LogP contribution in [-0.4, -0.2) is 34.8 Å². The molecule has 0 fully saturated rings. The minimum atomic E-state index is -1.20. The summed E-state index contributed by atoms with van der Waals surface area (Å²) in [5.41, 5.74) is 6.53. The number of carboxylic acid groups (broad SMARTS) is 1. The van der Waals surface area contributed by atoms with Gasteiger partial charge in [0.25, 0.3) is 5.91 Å². The number of carboxylic acids is 1. The Bertz CT molecular complexity index is 976. The SMILES string of the molecule is N=C(N)CCCCC(=O)Nc1ccc(C[C@H](NC(=O)c2c(Cl)cccc2Cl)C(=O)O)cc1. The Labute approximate surface area is 195 Å². The fraction of sp³-hybridized carbons (Fsp3) is 0.273. The van der Waals surface area contributed by atoms with E-state index in [1.807, 2.05) is 0 Å². The van der Waals surface area contributed by atoms with E-state index in [2.05, 4.69) is 10.6 Å². The fourth-order valence-corrected chi connectivity index (χ4v) is 3.50. The number of carbonyl (C=O) groups excluding carboxylic acids is 2. The van der Waals surface area contributed by atoms with Crippen LogP contribution in [0.5, 0.6) is 0 Å². The number of anilines is 1. The van der Waals surface area contributed by atoms with E-state index in [0.29, 0.717) is 36.9 Å². The van der Waals surface area contributed by atoms with E-state index in [9.17, 15) is 19.5 Å². The lowest BCUT2D eigenvalue weighted by molar-refractivity contribution is -0.139. The molecule has 32 heavy (non-hydrogen) atoms. The van der Waals surface area contributed by atoms with Crippen LogP contribution in [0.2, 0.25) is 10.0 Å². The van der Waals surface area contributed by atoms with Gasteiger partial charge in [-0.15, -0.1) is 0 Å². The maximum absolute atomic E-state index is 12.5. The van der Waals surface area contributed by atoms with Gasteiger partial charge < -0.3 is 21.5 Å². The van der Waals surface area contributed by atoms with Crippen molar-refractivity contribution in [3.8, 4) is 0 Å². The number of amides is 2. The molecule has 2 rings (SSSR count). The molecular weight excluding hydrogens is 455 g/mol. The van der Waals surface area contributed by atoms with Gasteiger partial charge in [-0.3, -0.25) is 15.0 Å². The highest BCUT2D eigenvalue weighted by Crippen LogP contribution is 2.24. The Hall–Kier alpha value is -3.10. The third-order valence-corrected chi connectivity index (χ3v) is 5.20. The Balaban J connectivity index is 1.95. The second-order valence-electron chi connectivity index (χ2n) is 7.14. The van der Waals surface area contributed by atoms with Gasteiger partial charge in [0.05, 0.1) is 21.4 Å². The Morgan fingerprint density at radius 2 is 1.59 bits per heavy atom. The van der Waals surface area contributed by atoms with Gasteiger partial charge in [-0.05, 0) is 42.7 Å². The number of carbonyl (C=O) groups is 3. The van der Waals surface area contributed by atoms with Gasteiger partial charge in [0.15, 0.2) is 0 Å². The molecular formula is C22H24Cl2N4O4. The summed E-state index contributed by atoms with van der Waals surface area (Å²) < 4.78 is 0. The summed E-state index contributed by atoms with van der Waals surface area (Å²) in [5, 5.41) is 22.1. The molecule has 10 heteroatoms. The molecule has 0 aliphatic heterocycles. The van der Waals surface area contributed by atoms with E-state index < -0.39 is 17.9 Å². The standard InChI is InChI=1S/C22H24Cl2N4O4/c23-15-4-3-5-16(24)20(15)21(30)28-17(22(31)32)12-13-8-10-14(11-9-13)27-19(29)7-2-1-6-18(25)26/h3-5,8-11,17H,1-2,6-7,12H2,(H3,25,26)(H,27,29)(H,28,30)(H,31,32)/t17-/m0/s1. The molecule has 0 aromatic heterocycles. The molecule has 0 bridgehead atoms. The molecule has 170 valence electrons. The number of halogens is 2. The predicted octanol–water partition coefficient (Wildman–Crippen LogP) is 3.85. The quantitative estimate of drug-likeness (QED) is 0.189. The van der Waals surface area contributed by atoms with Crippen molar-refractivity contribution in [2.45, 2.75) is 38.1 Å². The highest BCUT2D eigenvalue weighted by atomic mass is 35.5. The lowest BCUT2D eigenvalue weighted by Crippen LogP contribution is -2.42. The lowest BCUT2D eigenvalue weighted by atomic mass is 10.0. The van der Waals surface area contributed by atoms with Crippen LogP contribution >= 0.6 is 23.2 Å². The average molecular weight is 479 g/mol. The topological polar surface area (TPSA) is 145 Å². The first-order valence-electron chi connectivity index (χ1n) is 9.86. The molecule has 2 aromatic rings. The molecule has 0 heterocycles. The molecule has 0 unspecified atom stereocenters. The van der Waals surface area contributed by atoms with Crippen LogP contribution in [0.3, 0.4) is 0 Å². The Morgan fingerprint density at radius 1 is 1.00 bits per heavy atom. The van der Waals surface area contributed by atoms with E-state index >= 15 is 0 Å². The molecule has 0 radical (unpaired) electrons. The lowest BCUT2D eigenvalue weighted by Gasteiger charge is -2.16. The number of nitrogens with one attached hydrogen (secondary N) is 3. The molecule has 1 atom stereocenters. The predicted molar refractivity (Wildman–Crippen MR) is 125 cm³/mol. The summed E-state index contributed by atoms with van der Waals surface area (Å²) in [4.78, 5) is 36.1. The molecule has 0 aliphatic rings. The summed E-state index contributed by atoms with van der Waals surface area (Å²) >= 11 is 12.0. The third kappa shape index (κ3) is 7.86. The van der Waals surface area contributed by atoms with Crippen molar-refractivity contribution in [2.75, 3.05) is 5.32 Å². The zero-order valence-electron chi connectivity index (χ0n) is 17.2. The van der Waals surface area contributed by atoms with E-state index in [-0.39, 0.29) is 33.8 Å². The van der Waals surface area contributed by atoms with Crippen LogP contribution in [0.4, 0.5) is 5.69 Å². The molecule has 0 saturated carbocycles. The van der Waals surface area contributed by atoms with Gasteiger partial charge in [-0.25, -0.2) is 4.79 Å². The number of aliphatic carboxylic acids is 1. The normalized spacial score (nSPS) is 11.4. The van der Waals surface area contributed by atoms with Gasteiger partial charge in [-0.1, -0.05) is 41.4 Å². The zero-order valence-corrected chi connectivity index (χ0v) is 18.7. The third-order valence-electron chi connectivity index (χ3n) is 4.57. The van der Waals surface area contributed by atoms with Crippen molar-refractivity contribution >= 4 is 52.5 Å². The molecule has 0 spiro atoms. The Morgan fingerprint density at radius 3 is 2.16 bits per heavy atom. The zero-order chi connectivity index (χ0) is 23.7. The van der Waals surface area contributed by atoms with Gasteiger partial charge >= 0.3 is 5.97 Å². The number of benzene rings is 2. The summed E-state index contributed by atoms with van der Waals surface area (Å²) in [7, 11) is 0. The van der Waals surface area contributed by atoms with Crippen LogP contribution < -0.4 is 16.4 Å². The van der Waals surface area contributed by atoms with Crippen LogP contribution in [0, 0.1) is 5.41 Å². The summed E-state index contributed by atoms with van der Waals surface area (Å²) in [6, 6.07) is 10.1. The fourth-order valence-electron chi connectivity index (χ4n) is 2.93. The smallest absolute Gasteiger partial charge is 0.326 e. The van der Waals surface area contributed by atoms with Crippen LogP contribution in [0.1, 0.15) is 41.6 Å². The maximum atomic E-state index is 12.5. The van der Waals surface area contributed by atoms with Crippen LogP contribution in [0.15, 0.2) is 42.5 Å². The molecule has 2 aromatic carbocycles. The molecule has 8 nitrogen and oxygen atoms in total. The van der Waals surface area contributed by atoms with Crippen molar-refractivity contribution < 1.29 is 19.5 Å². The van der Waals surface area contributed by atoms with Crippen molar-refractivity contribution in [1.82, 2.24) is 5.32 Å². The second kappa shape index (κ2) is 12.1. The maximum Gasteiger partial charge on any atom is 0.326 e. The van der Waals surface area contributed by atoms with Crippen molar-refractivity contribution in [2.24, 2.45) is 5.73 Å². The molecule has 0 saturated heterocycles. The first-order valence-corrected chi connectivity index (χ1v) is 10.6. The average Bonchev–Trinajstić information content (AvgIpc) is 2.71. The van der Waals surface area contributed by atoms with Gasteiger partial charge in [0.1, 0.15) is 6.04 Å². The minimum absolute atomic E-state index is 0.0171. The van der Waals surface area contributed by atoms with Crippen molar-refractivity contribution in [3.05, 3.63) is 63.6 Å². The monoisotopic (exact) mass is 478 g/mol. The molecule has 6 N–H and O–H groups in total. The van der Waals surface area contributed by atoms with Crippen LogP contribution in [0.25, 0.3) is 0 Å². The number of unbranched alkanes of at least 4 members (excludes halogenated alkanes) is 1. The van der Waals surface area contributed by atoms with E-state index in [1.54, 1.807) is 30.3 Å². The van der Waals surface area contributed by atoms with Gasteiger partial charge in [0, 0.05) is 24.9 Å².